The Morgan fingerprint density at radius 2 is 1.40 bits per heavy atom. The average molecular weight is 698 g/mol. The predicted molar refractivity (Wildman–Crippen MR) is 225 cm³/mol. The monoisotopic (exact) mass is 697 g/mol. The van der Waals surface area contributed by atoms with Crippen LogP contribution < -0.4 is 9.64 Å². The molecule has 1 aliphatic heterocycles. The molecule has 7 aromatic carbocycles. The Bertz CT molecular complexity index is 2850. The normalized spacial score (nSPS) is 17.0. The molecule has 0 fully saturated rings. The van der Waals surface area contributed by atoms with Crippen LogP contribution >= 0.6 is 11.3 Å². The van der Waals surface area contributed by atoms with Gasteiger partial charge in [-0.3, -0.25) is 0 Å². The molecule has 252 valence electrons. The zero-order chi connectivity index (χ0) is 34.9. The van der Waals surface area contributed by atoms with Crippen molar-refractivity contribution in [3.05, 3.63) is 192 Å². The van der Waals surface area contributed by atoms with Crippen LogP contribution in [0.25, 0.3) is 53.7 Å². The van der Waals surface area contributed by atoms with Gasteiger partial charge in [-0.2, -0.15) is 0 Å². The smallest absolute Gasteiger partial charge is 0.128 e. The Hall–Kier alpha value is -6.16. The molecule has 2 heterocycles. The van der Waals surface area contributed by atoms with Crippen LogP contribution in [0.15, 0.2) is 170 Å². The molecule has 2 aliphatic carbocycles. The van der Waals surface area contributed by atoms with Gasteiger partial charge in [0, 0.05) is 42.7 Å². The first kappa shape index (κ1) is 30.5. The van der Waals surface area contributed by atoms with E-state index in [9.17, 15) is 0 Å². The lowest BCUT2D eigenvalue weighted by atomic mass is 9.80. The van der Waals surface area contributed by atoms with Crippen LogP contribution in [0, 0.1) is 0 Å². The van der Waals surface area contributed by atoms with Crippen LogP contribution in [0.3, 0.4) is 0 Å². The lowest BCUT2D eigenvalue weighted by Gasteiger charge is -2.29. The molecular weight excluding hydrogens is 663 g/mol. The second-order valence-corrected chi connectivity index (χ2v) is 15.4. The molecule has 2 nitrogen and oxygen atoms in total. The molecule has 3 aliphatic rings. The maximum atomic E-state index is 6.31. The van der Waals surface area contributed by atoms with Crippen molar-refractivity contribution in [2.24, 2.45) is 0 Å². The van der Waals surface area contributed by atoms with E-state index < -0.39 is 0 Å². The number of fused-ring (bicyclic) bond motifs is 9. The fourth-order valence-electron chi connectivity index (χ4n) is 8.77. The van der Waals surface area contributed by atoms with Crippen LogP contribution in [0.4, 0.5) is 17.1 Å². The number of benzene rings is 7. The van der Waals surface area contributed by atoms with Gasteiger partial charge >= 0.3 is 0 Å². The Labute approximate surface area is 313 Å². The molecule has 1 aromatic heterocycles. The van der Waals surface area contributed by atoms with Gasteiger partial charge in [0.15, 0.2) is 0 Å². The summed E-state index contributed by atoms with van der Waals surface area (Å²) < 4.78 is 8.93. The molecule has 11 rings (SSSR count). The largest absolute Gasteiger partial charge is 0.485 e. The van der Waals surface area contributed by atoms with E-state index in [0.717, 1.165) is 30.0 Å². The minimum absolute atomic E-state index is 0.0554. The molecule has 0 saturated carbocycles. The summed E-state index contributed by atoms with van der Waals surface area (Å²) in [5, 5.41) is 5.09. The zero-order valence-electron chi connectivity index (χ0n) is 29.1. The predicted octanol–water partition coefficient (Wildman–Crippen LogP) is 14.0. The lowest BCUT2D eigenvalue weighted by molar-refractivity contribution is 0.267. The topological polar surface area (TPSA) is 12.5 Å². The Balaban J connectivity index is 1.04. The van der Waals surface area contributed by atoms with Gasteiger partial charge in [-0.15, -0.1) is 11.3 Å². The standard InChI is InChI=1S/C50H35NOS/c1-2-11-32(12-3-1)40-14-4-7-18-45(40)51(37-24-27-43-42-15-6-9-20-48(42)53-49(43)31-37)36-23-26-39-33(30-36)13-10-17-38(39)34-21-25-41-35(29-34)22-28-47-50(41)44-16-5-8-19-46(44)52-47/h2,4-31,47,50H,1,3H2. The van der Waals surface area contributed by atoms with Crippen molar-refractivity contribution in [3.63, 3.8) is 0 Å². The Morgan fingerprint density at radius 1 is 0.585 bits per heavy atom. The van der Waals surface area contributed by atoms with Gasteiger partial charge < -0.3 is 9.64 Å². The maximum Gasteiger partial charge on any atom is 0.128 e. The highest BCUT2D eigenvalue weighted by Gasteiger charge is 2.36. The molecule has 53 heavy (non-hydrogen) atoms. The first-order chi connectivity index (χ1) is 26.3. The second-order valence-electron chi connectivity index (χ2n) is 14.3. The van der Waals surface area contributed by atoms with Gasteiger partial charge in [-0.25, -0.2) is 0 Å². The van der Waals surface area contributed by atoms with Crippen LogP contribution in [-0.4, -0.2) is 6.10 Å². The summed E-state index contributed by atoms with van der Waals surface area (Å²) in [6.45, 7) is 0. The number of rotatable bonds is 5. The molecule has 0 saturated heterocycles. The first-order valence-electron chi connectivity index (χ1n) is 18.6. The number of hydrogen-bond acceptors (Lipinski definition) is 3. The van der Waals surface area contributed by atoms with Gasteiger partial charge in [0.2, 0.25) is 0 Å². The molecule has 3 heteroatoms. The van der Waals surface area contributed by atoms with E-state index in [1.807, 2.05) is 11.3 Å². The molecule has 0 bridgehead atoms. The summed E-state index contributed by atoms with van der Waals surface area (Å²) in [5.41, 5.74) is 12.4. The Kier molecular flexibility index (Phi) is 7.03. The minimum Gasteiger partial charge on any atom is -0.485 e. The lowest BCUT2D eigenvalue weighted by Crippen LogP contribution is -2.20. The Morgan fingerprint density at radius 3 is 2.34 bits per heavy atom. The van der Waals surface area contributed by atoms with Crippen LogP contribution in [0.2, 0.25) is 0 Å². The highest BCUT2D eigenvalue weighted by molar-refractivity contribution is 7.25. The van der Waals surface area contributed by atoms with E-state index in [4.69, 9.17) is 4.74 Å². The van der Waals surface area contributed by atoms with Crippen molar-refractivity contribution >= 4 is 71.0 Å². The quantitative estimate of drug-likeness (QED) is 0.177. The SMILES string of the molecule is C1=CC(c2ccccc2N(c2ccc3c(-c4ccc5c(c4)C=CC4Oc6ccccc6C54)cccc3c2)c2ccc3c(c2)sc2ccccc23)=CCC1. The number of nitrogens with zero attached hydrogens (tertiary/aromatic N) is 1. The number of thiophene rings is 1. The summed E-state index contributed by atoms with van der Waals surface area (Å²) in [6.07, 6.45) is 13.7. The highest BCUT2D eigenvalue weighted by atomic mass is 32.1. The molecule has 0 radical (unpaired) electrons. The minimum atomic E-state index is 0.0554. The number of para-hydroxylation sites is 2. The van der Waals surface area contributed by atoms with Crippen molar-refractivity contribution < 1.29 is 4.74 Å². The van der Waals surface area contributed by atoms with E-state index >= 15 is 0 Å². The van der Waals surface area contributed by atoms with Crippen LogP contribution in [0.5, 0.6) is 5.75 Å². The summed E-state index contributed by atoms with van der Waals surface area (Å²) >= 11 is 1.87. The summed E-state index contributed by atoms with van der Waals surface area (Å²) in [4.78, 5) is 2.45. The molecule has 0 amide bonds. The van der Waals surface area contributed by atoms with Crippen molar-refractivity contribution in [3.8, 4) is 16.9 Å². The summed E-state index contributed by atoms with van der Waals surface area (Å²) in [5.74, 6) is 1.23. The maximum absolute atomic E-state index is 6.31. The fourth-order valence-corrected chi connectivity index (χ4v) is 9.91. The third-order valence-electron chi connectivity index (χ3n) is 11.2. The van der Waals surface area contributed by atoms with Crippen LogP contribution in [-0.2, 0) is 0 Å². The van der Waals surface area contributed by atoms with Crippen molar-refractivity contribution in [1.29, 1.82) is 0 Å². The molecule has 2 atom stereocenters. The second kappa shape index (κ2) is 12.2. The number of allylic oxidation sites excluding steroid dienone is 4. The van der Waals surface area contributed by atoms with E-state index in [1.54, 1.807) is 0 Å². The average Bonchev–Trinajstić information content (AvgIpc) is 3.79. The van der Waals surface area contributed by atoms with Crippen molar-refractivity contribution in [1.82, 2.24) is 0 Å². The van der Waals surface area contributed by atoms with E-state index in [2.05, 4.69) is 181 Å². The van der Waals surface area contributed by atoms with Gasteiger partial charge in [-0.05, 0) is 106 Å². The fraction of sp³-hybridized carbons (Fsp3) is 0.0800. The van der Waals surface area contributed by atoms with Crippen molar-refractivity contribution in [2.45, 2.75) is 24.9 Å². The zero-order valence-corrected chi connectivity index (χ0v) is 29.9. The van der Waals surface area contributed by atoms with Crippen LogP contribution in [0.1, 0.15) is 41.0 Å². The first-order valence-corrected chi connectivity index (χ1v) is 19.4. The molecule has 8 aromatic rings. The van der Waals surface area contributed by atoms with Gasteiger partial charge in [0.25, 0.3) is 0 Å². The number of ether oxygens (including phenoxy) is 1. The highest BCUT2D eigenvalue weighted by Crippen LogP contribution is 2.48. The molecule has 0 N–H and O–H groups in total. The van der Waals surface area contributed by atoms with E-state index in [0.29, 0.717) is 0 Å². The van der Waals surface area contributed by atoms with E-state index in [1.165, 1.54) is 75.6 Å². The van der Waals surface area contributed by atoms with Gasteiger partial charge in [0.1, 0.15) is 11.9 Å². The van der Waals surface area contributed by atoms with Gasteiger partial charge in [-0.1, -0.05) is 121 Å². The number of hydrogen-bond donors (Lipinski definition) is 0. The molecular formula is C50H35NOS. The summed E-state index contributed by atoms with van der Waals surface area (Å²) in [7, 11) is 0. The van der Waals surface area contributed by atoms with E-state index in [-0.39, 0.29) is 12.0 Å². The third-order valence-corrected chi connectivity index (χ3v) is 12.4. The number of anilines is 3. The van der Waals surface area contributed by atoms with Crippen molar-refractivity contribution in [2.75, 3.05) is 4.90 Å². The third kappa shape index (κ3) is 4.99. The van der Waals surface area contributed by atoms with Gasteiger partial charge in [0.05, 0.1) is 11.6 Å². The summed E-state index contributed by atoms with van der Waals surface area (Å²) in [6, 6.07) is 53.8. The molecule has 2 unspecified atom stereocenters. The molecule has 0 spiro atoms.